The van der Waals surface area contributed by atoms with Gasteiger partial charge in [-0.15, -0.1) is 0 Å². The normalized spacial score (nSPS) is 10.9. The molecular weight excluding hydrogens is 452 g/mol. The van der Waals surface area contributed by atoms with Crippen LogP contribution in [0.15, 0.2) is 118 Å². The molecule has 0 saturated heterocycles. The predicted octanol–water partition coefficient (Wildman–Crippen LogP) is 6.35. The van der Waals surface area contributed by atoms with Gasteiger partial charge in [-0.2, -0.15) is 0 Å². The van der Waals surface area contributed by atoms with Gasteiger partial charge in [0.1, 0.15) is 11.5 Å². The average Bonchev–Trinajstić information content (AvgIpc) is 2.77. The maximum Gasteiger partial charge on any atom is 0.166 e. The summed E-state index contributed by atoms with van der Waals surface area (Å²) in [6, 6.07) is 36.1. The molecule has 0 spiro atoms. The van der Waals surface area contributed by atoms with Gasteiger partial charge in [0.25, 0.3) is 0 Å². The number of hydrogen-bond acceptors (Lipinski definition) is 4. The summed E-state index contributed by atoms with van der Waals surface area (Å²) in [6.45, 7) is 4.26. The van der Waals surface area contributed by atoms with Crippen LogP contribution in [0.3, 0.4) is 0 Å². The van der Waals surface area contributed by atoms with Gasteiger partial charge in [-0.3, -0.25) is 0 Å². The van der Waals surface area contributed by atoms with E-state index in [0.29, 0.717) is 6.26 Å². The number of rotatable bonds is 5. The standard InChI is InChI=1S/C26H23OS.CH4O3S/c1-20-8-14-24(15-9-20)28(25-16-10-21(2)11-17-25)26-18-12-23(13-19-26)27-22-6-4-3-5-7-22;1-5(2,3)4/h3-19H,1-2H3;1H3,(H,2,3,4)/q+1;/p-1. The first-order chi connectivity index (χ1) is 15.7. The van der Waals surface area contributed by atoms with E-state index in [1.54, 1.807) is 0 Å². The Labute approximate surface area is 199 Å². The number of hydrogen-bond donors (Lipinski definition) is 0. The maximum atomic E-state index is 9.08. The smallest absolute Gasteiger partial charge is 0.166 e. The van der Waals surface area contributed by atoms with Crippen LogP contribution in [-0.2, 0) is 21.0 Å². The van der Waals surface area contributed by atoms with E-state index in [1.807, 2.05) is 30.3 Å². The second kappa shape index (κ2) is 11.2. The first kappa shape index (κ1) is 24.6. The van der Waals surface area contributed by atoms with Gasteiger partial charge in [0.15, 0.2) is 14.7 Å². The summed E-state index contributed by atoms with van der Waals surface area (Å²) >= 11 is 0. The summed E-state index contributed by atoms with van der Waals surface area (Å²) in [7, 11) is -4.06. The summed E-state index contributed by atoms with van der Waals surface area (Å²) in [5, 5.41) is 0. The highest BCUT2D eigenvalue weighted by atomic mass is 32.2. The van der Waals surface area contributed by atoms with Crippen molar-refractivity contribution in [3.8, 4) is 11.5 Å². The van der Waals surface area contributed by atoms with Crippen molar-refractivity contribution in [1.82, 2.24) is 0 Å². The van der Waals surface area contributed by atoms with Crippen LogP contribution in [0.1, 0.15) is 11.1 Å². The molecule has 4 aromatic carbocycles. The third-order valence-electron chi connectivity index (χ3n) is 4.55. The molecule has 0 atom stereocenters. The first-order valence-corrected chi connectivity index (χ1v) is 13.3. The van der Waals surface area contributed by atoms with Crippen LogP contribution in [-0.4, -0.2) is 19.2 Å². The van der Waals surface area contributed by atoms with E-state index in [9.17, 15) is 0 Å². The number of aryl methyl sites for hydroxylation is 2. The minimum Gasteiger partial charge on any atom is -0.748 e. The Morgan fingerprint density at radius 2 is 0.939 bits per heavy atom. The van der Waals surface area contributed by atoms with Crippen LogP contribution in [0.2, 0.25) is 0 Å². The van der Waals surface area contributed by atoms with E-state index in [0.717, 1.165) is 11.5 Å². The van der Waals surface area contributed by atoms with Crippen LogP contribution in [0.5, 0.6) is 11.5 Å². The lowest BCUT2D eigenvalue weighted by molar-refractivity contribution is 0.470. The molecule has 0 aliphatic rings. The lowest BCUT2D eigenvalue weighted by atomic mass is 10.2. The third-order valence-corrected chi connectivity index (χ3v) is 6.78. The summed E-state index contributed by atoms with van der Waals surface area (Å²) in [4.78, 5) is 3.94. The van der Waals surface area contributed by atoms with Crippen molar-refractivity contribution >= 4 is 21.0 Å². The molecule has 4 aromatic rings. The zero-order chi connectivity index (χ0) is 23.8. The quantitative estimate of drug-likeness (QED) is 0.247. The van der Waals surface area contributed by atoms with Crippen molar-refractivity contribution in [2.45, 2.75) is 28.5 Å². The molecule has 4 nitrogen and oxygen atoms in total. The van der Waals surface area contributed by atoms with Gasteiger partial charge in [0.05, 0.1) is 21.0 Å². The molecule has 0 saturated carbocycles. The molecule has 0 aliphatic heterocycles. The molecular formula is C27H26O4S2. The fraction of sp³-hybridized carbons (Fsp3) is 0.111. The summed E-state index contributed by atoms with van der Waals surface area (Å²) < 4.78 is 33.2. The highest BCUT2D eigenvalue weighted by Crippen LogP contribution is 2.33. The fourth-order valence-electron chi connectivity index (χ4n) is 3.03. The molecule has 6 heteroatoms. The number of para-hydroxylation sites is 1. The van der Waals surface area contributed by atoms with Gasteiger partial charge in [-0.1, -0.05) is 53.6 Å². The van der Waals surface area contributed by atoms with Crippen molar-refractivity contribution < 1.29 is 17.7 Å². The Morgan fingerprint density at radius 1 is 0.606 bits per heavy atom. The Kier molecular flexibility index (Phi) is 8.33. The Morgan fingerprint density at radius 3 is 1.33 bits per heavy atom. The monoisotopic (exact) mass is 478 g/mol. The van der Waals surface area contributed by atoms with E-state index in [-0.39, 0.29) is 10.9 Å². The van der Waals surface area contributed by atoms with Crippen LogP contribution in [0.4, 0.5) is 0 Å². The molecule has 33 heavy (non-hydrogen) atoms. The van der Waals surface area contributed by atoms with Crippen molar-refractivity contribution in [2.24, 2.45) is 0 Å². The lowest BCUT2D eigenvalue weighted by Gasteiger charge is -2.10. The summed E-state index contributed by atoms with van der Waals surface area (Å²) in [5.74, 6) is 1.71. The molecule has 0 unspecified atom stereocenters. The molecule has 0 radical (unpaired) electrons. The number of benzene rings is 4. The molecule has 4 rings (SSSR count). The highest BCUT2D eigenvalue weighted by Gasteiger charge is 2.28. The van der Waals surface area contributed by atoms with Gasteiger partial charge in [0, 0.05) is 6.26 Å². The van der Waals surface area contributed by atoms with Crippen LogP contribution in [0, 0.1) is 13.8 Å². The minimum atomic E-state index is -3.92. The van der Waals surface area contributed by atoms with Crippen molar-refractivity contribution in [1.29, 1.82) is 0 Å². The largest absolute Gasteiger partial charge is 0.748 e. The molecule has 0 aromatic heterocycles. The summed E-state index contributed by atoms with van der Waals surface area (Å²) in [6.07, 6.45) is 0.604. The molecule has 0 heterocycles. The van der Waals surface area contributed by atoms with Crippen LogP contribution < -0.4 is 4.74 Å². The Bertz CT molecular complexity index is 1200. The van der Waals surface area contributed by atoms with Crippen molar-refractivity contribution in [3.05, 3.63) is 114 Å². The molecule has 0 N–H and O–H groups in total. The van der Waals surface area contributed by atoms with E-state index in [1.165, 1.54) is 25.8 Å². The minimum absolute atomic E-state index is 0.141. The van der Waals surface area contributed by atoms with Gasteiger partial charge < -0.3 is 9.29 Å². The molecule has 0 amide bonds. The zero-order valence-corrected chi connectivity index (χ0v) is 20.4. The SMILES string of the molecule is CS(=O)(=O)[O-].Cc1ccc([S+](c2ccc(C)cc2)c2ccc(Oc3ccccc3)cc2)cc1. The second-order valence-corrected chi connectivity index (χ2v) is 11.0. The van der Waals surface area contributed by atoms with Gasteiger partial charge in [-0.05, 0) is 74.5 Å². The summed E-state index contributed by atoms with van der Waals surface area (Å²) in [5.41, 5.74) is 2.56. The van der Waals surface area contributed by atoms with E-state index < -0.39 is 10.1 Å². The van der Waals surface area contributed by atoms with Gasteiger partial charge in [-0.25, -0.2) is 8.42 Å². The molecule has 0 bridgehead atoms. The zero-order valence-electron chi connectivity index (χ0n) is 18.8. The Balaban J connectivity index is 0.000000555. The maximum absolute atomic E-state index is 9.08. The first-order valence-electron chi connectivity index (χ1n) is 10.3. The molecule has 0 fully saturated rings. The molecule has 0 aliphatic carbocycles. The third kappa shape index (κ3) is 8.09. The Hall–Kier alpha value is -3.06. The van der Waals surface area contributed by atoms with Gasteiger partial charge >= 0.3 is 0 Å². The fourth-order valence-corrected chi connectivity index (χ4v) is 5.07. The average molecular weight is 479 g/mol. The highest BCUT2D eigenvalue weighted by molar-refractivity contribution is 7.97. The molecule has 170 valence electrons. The predicted molar refractivity (Wildman–Crippen MR) is 133 cm³/mol. The van der Waals surface area contributed by atoms with Crippen molar-refractivity contribution in [3.63, 3.8) is 0 Å². The topological polar surface area (TPSA) is 66.4 Å². The second-order valence-electron chi connectivity index (χ2n) is 7.52. The number of ether oxygens (including phenoxy) is 1. The van der Waals surface area contributed by atoms with E-state index in [4.69, 9.17) is 17.7 Å². The van der Waals surface area contributed by atoms with Crippen LogP contribution >= 0.6 is 0 Å². The lowest BCUT2D eigenvalue weighted by Crippen LogP contribution is -2.05. The van der Waals surface area contributed by atoms with Crippen LogP contribution in [0.25, 0.3) is 0 Å². The van der Waals surface area contributed by atoms with E-state index >= 15 is 0 Å². The van der Waals surface area contributed by atoms with E-state index in [2.05, 4.69) is 86.6 Å². The van der Waals surface area contributed by atoms with Gasteiger partial charge in [0.2, 0.25) is 0 Å². The van der Waals surface area contributed by atoms with Crippen molar-refractivity contribution in [2.75, 3.05) is 6.26 Å².